The average molecular weight is 316 g/mol. The fourth-order valence-electron chi connectivity index (χ4n) is 2.38. The van der Waals surface area contributed by atoms with Crippen molar-refractivity contribution >= 4 is 23.8 Å². The molecule has 0 bridgehead atoms. The second-order valence-corrected chi connectivity index (χ2v) is 5.62. The van der Waals surface area contributed by atoms with E-state index in [-0.39, 0.29) is 0 Å². The van der Waals surface area contributed by atoms with Gasteiger partial charge in [0.25, 0.3) is 0 Å². The number of aromatic nitrogens is 2. The van der Waals surface area contributed by atoms with E-state index >= 15 is 0 Å². The van der Waals surface area contributed by atoms with Crippen LogP contribution in [0.15, 0.2) is 36.8 Å². The average Bonchev–Trinajstić information content (AvgIpc) is 3.07. The van der Waals surface area contributed by atoms with Crippen LogP contribution in [0, 0.1) is 0 Å². The van der Waals surface area contributed by atoms with Crippen molar-refractivity contribution in [3.05, 3.63) is 53.1 Å². The van der Waals surface area contributed by atoms with Gasteiger partial charge in [0.05, 0.1) is 6.20 Å². The number of pyridine rings is 2. The lowest BCUT2D eigenvalue weighted by molar-refractivity contribution is 0.151. The van der Waals surface area contributed by atoms with Gasteiger partial charge in [0, 0.05) is 31.0 Å². The summed E-state index contributed by atoms with van der Waals surface area (Å²) >= 11 is 6.15. The van der Waals surface area contributed by atoms with E-state index in [1.165, 1.54) is 12.8 Å². The summed E-state index contributed by atoms with van der Waals surface area (Å²) in [7, 11) is 0. The molecule has 1 aliphatic rings. The predicted molar refractivity (Wildman–Crippen MR) is 88.7 cm³/mol. The summed E-state index contributed by atoms with van der Waals surface area (Å²) in [6.07, 6.45) is 11.6. The molecule has 3 rings (SSSR count). The molecular weight excluding hydrogens is 298 g/mol. The Labute approximate surface area is 135 Å². The van der Waals surface area contributed by atoms with Crippen LogP contribution in [0.5, 0.6) is 5.75 Å². The van der Waals surface area contributed by atoms with Gasteiger partial charge in [-0.25, -0.2) is 4.98 Å². The Balaban J connectivity index is 1.68. The Morgan fingerprint density at radius 1 is 1.18 bits per heavy atom. The lowest BCUT2D eigenvalue weighted by atomic mass is 10.2. The summed E-state index contributed by atoms with van der Waals surface area (Å²) in [5, 5.41) is 0.471. The fraction of sp³-hybridized carbons (Fsp3) is 0.294. The Morgan fingerprint density at radius 3 is 2.73 bits per heavy atom. The minimum atomic E-state index is 0.471. The molecule has 114 valence electrons. The van der Waals surface area contributed by atoms with E-state index in [1.807, 2.05) is 30.4 Å². The number of hydrogen-bond acceptors (Lipinski definition) is 4. The van der Waals surface area contributed by atoms with Crippen LogP contribution in [-0.4, -0.2) is 34.7 Å². The van der Waals surface area contributed by atoms with E-state index in [9.17, 15) is 0 Å². The van der Waals surface area contributed by atoms with Gasteiger partial charge in [0.15, 0.2) is 0 Å². The van der Waals surface area contributed by atoms with E-state index in [0.29, 0.717) is 11.9 Å². The standard InChI is InChI=1S/C17H18ClN3O/c18-17-15(4-3-14-5-7-19-8-6-14)11-16(12-20-17)22-13-21-9-1-2-10-21/h3-8,11-12H,1-2,9-10,13H2. The topological polar surface area (TPSA) is 38.2 Å². The maximum absolute atomic E-state index is 6.15. The molecule has 5 heteroatoms. The molecule has 4 nitrogen and oxygen atoms in total. The highest BCUT2D eigenvalue weighted by Crippen LogP contribution is 2.22. The van der Waals surface area contributed by atoms with Crippen molar-refractivity contribution in [2.24, 2.45) is 0 Å². The van der Waals surface area contributed by atoms with Gasteiger partial charge in [-0.3, -0.25) is 9.88 Å². The first-order valence-electron chi connectivity index (χ1n) is 7.40. The molecule has 0 unspecified atom stereocenters. The summed E-state index contributed by atoms with van der Waals surface area (Å²) in [4.78, 5) is 10.5. The molecule has 22 heavy (non-hydrogen) atoms. The lowest BCUT2D eigenvalue weighted by Gasteiger charge is -2.15. The maximum atomic E-state index is 6.15. The quantitative estimate of drug-likeness (QED) is 0.788. The van der Waals surface area contributed by atoms with Crippen LogP contribution in [0.4, 0.5) is 0 Å². The van der Waals surface area contributed by atoms with Gasteiger partial charge in [-0.1, -0.05) is 23.8 Å². The largest absolute Gasteiger partial charge is 0.477 e. The van der Waals surface area contributed by atoms with Crippen LogP contribution < -0.4 is 4.74 Å². The minimum absolute atomic E-state index is 0.471. The number of ether oxygens (including phenoxy) is 1. The van der Waals surface area contributed by atoms with Crippen LogP contribution in [0.2, 0.25) is 5.15 Å². The van der Waals surface area contributed by atoms with Crippen molar-refractivity contribution in [3.63, 3.8) is 0 Å². The smallest absolute Gasteiger partial charge is 0.142 e. The minimum Gasteiger partial charge on any atom is -0.477 e. The molecular formula is C17H18ClN3O. The number of rotatable bonds is 5. The van der Waals surface area contributed by atoms with Crippen molar-refractivity contribution in [2.45, 2.75) is 12.8 Å². The molecule has 0 radical (unpaired) electrons. The third kappa shape index (κ3) is 4.06. The summed E-state index contributed by atoms with van der Waals surface area (Å²) in [6.45, 7) is 2.82. The zero-order valence-corrected chi connectivity index (χ0v) is 13.0. The second-order valence-electron chi connectivity index (χ2n) is 5.26. The first-order chi connectivity index (χ1) is 10.8. The Hall–Kier alpha value is -1.91. The van der Waals surface area contributed by atoms with Gasteiger partial charge in [-0.2, -0.15) is 0 Å². The van der Waals surface area contributed by atoms with E-state index < -0.39 is 0 Å². The summed E-state index contributed by atoms with van der Waals surface area (Å²) in [6, 6.07) is 5.79. The normalized spacial score (nSPS) is 15.5. The van der Waals surface area contributed by atoms with Gasteiger partial charge in [0.2, 0.25) is 0 Å². The SMILES string of the molecule is Clc1ncc(OCN2CCCC2)cc1C=Cc1ccncc1. The summed E-state index contributed by atoms with van der Waals surface area (Å²) in [5.41, 5.74) is 1.91. The van der Waals surface area contributed by atoms with Crippen LogP contribution >= 0.6 is 11.6 Å². The first-order valence-corrected chi connectivity index (χ1v) is 7.78. The third-order valence-corrected chi connectivity index (χ3v) is 3.93. The van der Waals surface area contributed by atoms with Crippen LogP contribution in [0.25, 0.3) is 12.2 Å². The fourth-order valence-corrected chi connectivity index (χ4v) is 2.55. The lowest BCUT2D eigenvalue weighted by Crippen LogP contribution is -2.24. The molecule has 0 amide bonds. The van der Waals surface area contributed by atoms with Crippen molar-refractivity contribution in [1.82, 2.24) is 14.9 Å². The van der Waals surface area contributed by atoms with Gasteiger partial charge in [-0.05, 0) is 36.6 Å². The third-order valence-electron chi connectivity index (χ3n) is 3.62. The van der Waals surface area contributed by atoms with E-state index in [1.54, 1.807) is 18.6 Å². The molecule has 2 aromatic heterocycles. The zero-order chi connectivity index (χ0) is 15.2. The Kier molecular flexibility index (Phi) is 5.03. The molecule has 3 heterocycles. The van der Waals surface area contributed by atoms with Crippen LogP contribution in [0.1, 0.15) is 24.0 Å². The molecule has 0 spiro atoms. The highest BCUT2D eigenvalue weighted by molar-refractivity contribution is 6.31. The molecule has 2 aromatic rings. The number of likely N-dealkylation sites (tertiary alicyclic amines) is 1. The number of hydrogen-bond donors (Lipinski definition) is 0. The van der Waals surface area contributed by atoms with Crippen LogP contribution in [-0.2, 0) is 0 Å². The maximum Gasteiger partial charge on any atom is 0.142 e. The van der Waals surface area contributed by atoms with Crippen molar-refractivity contribution in [3.8, 4) is 5.75 Å². The number of halogens is 1. The van der Waals surface area contributed by atoms with Crippen molar-refractivity contribution in [1.29, 1.82) is 0 Å². The van der Waals surface area contributed by atoms with E-state index in [2.05, 4.69) is 14.9 Å². The van der Waals surface area contributed by atoms with Crippen molar-refractivity contribution < 1.29 is 4.74 Å². The number of nitrogens with zero attached hydrogens (tertiary/aromatic N) is 3. The van der Waals surface area contributed by atoms with E-state index in [4.69, 9.17) is 16.3 Å². The van der Waals surface area contributed by atoms with Crippen molar-refractivity contribution in [2.75, 3.05) is 19.8 Å². The molecule has 1 fully saturated rings. The monoisotopic (exact) mass is 315 g/mol. The van der Waals surface area contributed by atoms with Gasteiger partial charge >= 0.3 is 0 Å². The zero-order valence-electron chi connectivity index (χ0n) is 12.3. The Morgan fingerprint density at radius 2 is 1.95 bits per heavy atom. The van der Waals surface area contributed by atoms with Crippen LogP contribution in [0.3, 0.4) is 0 Å². The highest BCUT2D eigenvalue weighted by Gasteiger charge is 2.11. The van der Waals surface area contributed by atoms with Gasteiger partial charge in [-0.15, -0.1) is 0 Å². The first kappa shape index (κ1) is 15.0. The van der Waals surface area contributed by atoms with Gasteiger partial charge < -0.3 is 4.74 Å². The molecule has 0 aromatic carbocycles. The summed E-state index contributed by atoms with van der Waals surface area (Å²) < 4.78 is 5.80. The summed E-state index contributed by atoms with van der Waals surface area (Å²) in [5.74, 6) is 0.741. The molecule has 1 aliphatic heterocycles. The Bertz CT molecular complexity index is 640. The highest BCUT2D eigenvalue weighted by atomic mass is 35.5. The predicted octanol–water partition coefficient (Wildman–Crippen LogP) is 3.73. The molecule has 0 saturated carbocycles. The molecule has 0 aliphatic carbocycles. The van der Waals surface area contributed by atoms with Gasteiger partial charge in [0.1, 0.15) is 17.6 Å². The molecule has 1 saturated heterocycles. The van der Waals surface area contributed by atoms with E-state index in [0.717, 1.165) is 30.0 Å². The molecule has 0 atom stereocenters. The molecule has 0 N–H and O–H groups in total. The second kappa shape index (κ2) is 7.38.